The maximum Gasteiger partial charge on any atom is 0.230 e. The van der Waals surface area contributed by atoms with Crippen molar-refractivity contribution < 1.29 is 9.53 Å². The maximum atomic E-state index is 13.2. The van der Waals surface area contributed by atoms with E-state index in [4.69, 9.17) is 4.74 Å². The van der Waals surface area contributed by atoms with Crippen molar-refractivity contribution in [2.75, 3.05) is 19.4 Å². The molecule has 158 valence electrons. The molecule has 0 aliphatic heterocycles. The van der Waals surface area contributed by atoms with Crippen molar-refractivity contribution in [2.45, 2.75) is 56.5 Å². The molecule has 1 amide bonds. The van der Waals surface area contributed by atoms with Crippen LogP contribution >= 0.6 is 11.8 Å². The molecular weight excluding hydrogens is 384 g/mol. The zero-order chi connectivity index (χ0) is 20.9. The minimum atomic E-state index is -0.426. The highest BCUT2D eigenvalue weighted by Gasteiger charge is 2.42. The lowest BCUT2D eigenvalue weighted by Crippen LogP contribution is -2.43. The van der Waals surface area contributed by atoms with Crippen molar-refractivity contribution in [3.63, 3.8) is 0 Å². The number of carbonyl (C=O) groups is 1. The van der Waals surface area contributed by atoms with Gasteiger partial charge in [0.25, 0.3) is 0 Å². The van der Waals surface area contributed by atoms with Gasteiger partial charge < -0.3 is 14.6 Å². The quantitative estimate of drug-likeness (QED) is 0.631. The van der Waals surface area contributed by atoms with Gasteiger partial charge in [-0.25, -0.2) is 0 Å². The van der Waals surface area contributed by atoms with Gasteiger partial charge in [-0.05, 0) is 36.5 Å². The normalized spacial score (nSPS) is 15.6. The second kappa shape index (κ2) is 9.65. The fourth-order valence-electron chi connectivity index (χ4n) is 3.92. The Bertz CT molecular complexity index is 811. The van der Waals surface area contributed by atoms with Crippen LogP contribution in [0.5, 0.6) is 5.75 Å². The Morgan fingerprint density at radius 1 is 1.24 bits per heavy atom. The predicted octanol–water partition coefficient (Wildman–Crippen LogP) is 3.74. The summed E-state index contributed by atoms with van der Waals surface area (Å²) in [5.41, 5.74) is 0.657. The fourth-order valence-corrected chi connectivity index (χ4v) is 4.80. The van der Waals surface area contributed by atoms with Crippen molar-refractivity contribution in [1.82, 2.24) is 20.1 Å². The average molecular weight is 417 g/mol. The first-order valence-corrected chi connectivity index (χ1v) is 11.4. The average Bonchev–Trinajstić information content (AvgIpc) is 3.35. The second-order valence-electron chi connectivity index (χ2n) is 8.19. The number of hydrogen-bond acceptors (Lipinski definition) is 5. The Morgan fingerprint density at radius 3 is 2.55 bits per heavy atom. The van der Waals surface area contributed by atoms with Crippen LogP contribution in [0.4, 0.5) is 0 Å². The molecule has 0 unspecified atom stereocenters. The Labute approximate surface area is 177 Å². The Kier molecular flexibility index (Phi) is 7.22. The highest BCUT2D eigenvalue weighted by atomic mass is 32.2. The van der Waals surface area contributed by atoms with Crippen LogP contribution < -0.4 is 10.1 Å². The minimum absolute atomic E-state index is 0.122. The lowest BCUT2D eigenvalue weighted by Gasteiger charge is -2.28. The number of amides is 1. The van der Waals surface area contributed by atoms with Crippen molar-refractivity contribution in [1.29, 1.82) is 0 Å². The third kappa shape index (κ3) is 4.94. The SMILES string of the molecule is COc1ccc(C2(C(=O)NCCc3nnc(SCC(C)C)n3C)CCCC2)cc1. The van der Waals surface area contributed by atoms with E-state index in [1.807, 2.05) is 35.9 Å². The molecule has 1 fully saturated rings. The second-order valence-corrected chi connectivity index (χ2v) is 9.17. The molecule has 3 rings (SSSR count). The lowest BCUT2D eigenvalue weighted by atomic mass is 9.78. The highest BCUT2D eigenvalue weighted by Crippen LogP contribution is 2.41. The van der Waals surface area contributed by atoms with E-state index in [-0.39, 0.29) is 5.91 Å². The molecule has 1 aliphatic rings. The summed E-state index contributed by atoms with van der Waals surface area (Å²) in [5, 5.41) is 12.7. The molecule has 0 saturated heterocycles. The lowest BCUT2D eigenvalue weighted by molar-refractivity contribution is -0.126. The molecule has 1 N–H and O–H groups in total. The summed E-state index contributed by atoms with van der Waals surface area (Å²) in [6, 6.07) is 7.95. The summed E-state index contributed by atoms with van der Waals surface area (Å²) in [7, 11) is 3.65. The number of thioether (sulfide) groups is 1. The maximum absolute atomic E-state index is 13.2. The van der Waals surface area contributed by atoms with Crippen LogP contribution in [-0.4, -0.2) is 40.1 Å². The molecule has 1 saturated carbocycles. The molecule has 0 spiro atoms. The molecule has 0 radical (unpaired) electrons. The van der Waals surface area contributed by atoms with E-state index in [2.05, 4.69) is 29.4 Å². The van der Waals surface area contributed by atoms with Gasteiger partial charge in [-0.15, -0.1) is 10.2 Å². The molecule has 1 aliphatic carbocycles. The summed E-state index contributed by atoms with van der Waals surface area (Å²) < 4.78 is 7.30. The van der Waals surface area contributed by atoms with E-state index in [0.717, 1.165) is 53.7 Å². The Morgan fingerprint density at radius 2 is 1.93 bits per heavy atom. The third-order valence-corrected chi connectivity index (χ3v) is 7.09. The number of rotatable bonds is 9. The van der Waals surface area contributed by atoms with Crippen molar-refractivity contribution >= 4 is 17.7 Å². The smallest absolute Gasteiger partial charge is 0.230 e. The number of hydrogen-bond donors (Lipinski definition) is 1. The Hall–Kier alpha value is -2.02. The van der Waals surface area contributed by atoms with Gasteiger partial charge in [-0.2, -0.15) is 0 Å². The summed E-state index contributed by atoms with van der Waals surface area (Å²) in [5.74, 6) is 3.47. The molecule has 1 aromatic heterocycles. The van der Waals surface area contributed by atoms with Gasteiger partial charge in [0.2, 0.25) is 5.91 Å². The number of benzene rings is 1. The first kappa shape index (κ1) is 21.7. The fraction of sp³-hybridized carbons (Fsp3) is 0.591. The van der Waals surface area contributed by atoms with Gasteiger partial charge in [0.05, 0.1) is 12.5 Å². The van der Waals surface area contributed by atoms with Gasteiger partial charge >= 0.3 is 0 Å². The zero-order valence-corrected chi connectivity index (χ0v) is 18.7. The molecular formula is C22H32N4O2S. The number of nitrogens with zero attached hydrogens (tertiary/aromatic N) is 3. The summed E-state index contributed by atoms with van der Waals surface area (Å²) in [4.78, 5) is 13.2. The summed E-state index contributed by atoms with van der Waals surface area (Å²) >= 11 is 1.73. The molecule has 2 aromatic rings. The van der Waals surface area contributed by atoms with E-state index < -0.39 is 5.41 Å². The largest absolute Gasteiger partial charge is 0.497 e. The number of nitrogens with one attached hydrogen (secondary N) is 1. The van der Waals surface area contributed by atoms with Crippen LogP contribution in [0.25, 0.3) is 0 Å². The van der Waals surface area contributed by atoms with Crippen LogP contribution in [0.3, 0.4) is 0 Å². The van der Waals surface area contributed by atoms with Gasteiger partial charge in [0, 0.05) is 25.8 Å². The van der Waals surface area contributed by atoms with Crippen LogP contribution in [0.2, 0.25) is 0 Å². The molecule has 0 bridgehead atoms. The summed E-state index contributed by atoms with van der Waals surface area (Å²) in [6.45, 7) is 4.96. The van der Waals surface area contributed by atoms with Crippen molar-refractivity contribution in [3.8, 4) is 5.75 Å². The topological polar surface area (TPSA) is 69.0 Å². The molecule has 7 heteroatoms. The van der Waals surface area contributed by atoms with E-state index in [9.17, 15) is 4.79 Å². The monoisotopic (exact) mass is 416 g/mol. The molecule has 1 aromatic carbocycles. The van der Waals surface area contributed by atoms with Crippen molar-refractivity contribution in [3.05, 3.63) is 35.7 Å². The first-order chi connectivity index (χ1) is 14.0. The van der Waals surface area contributed by atoms with Gasteiger partial charge in [0.1, 0.15) is 11.6 Å². The van der Waals surface area contributed by atoms with Crippen molar-refractivity contribution in [2.24, 2.45) is 13.0 Å². The number of carbonyl (C=O) groups excluding carboxylic acids is 1. The van der Waals surface area contributed by atoms with E-state index >= 15 is 0 Å². The molecule has 0 atom stereocenters. The van der Waals surface area contributed by atoms with Crippen LogP contribution in [0, 0.1) is 5.92 Å². The number of ether oxygens (including phenoxy) is 1. The van der Waals surface area contributed by atoms with Crippen LogP contribution in [0.15, 0.2) is 29.4 Å². The third-order valence-electron chi connectivity index (χ3n) is 5.64. The summed E-state index contributed by atoms with van der Waals surface area (Å²) in [6.07, 6.45) is 4.63. The Balaban J connectivity index is 1.61. The predicted molar refractivity (Wildman–Crippen MR) is 116 cm³/mol. The standard InChI is InChI=1S/C22H32N4O2S/c1-16(2)15-29-21-25-24-19(26(21)3)11-14-23-20(27)22(12-5-6-13-22)17-7-9-18(28-4)10-8-17/h7-10,16H,5-6,11-15H2,1-4H3,(H,23,27). The van der Waals surface area contributed by atoms with Gasteiger partial charge in [0.15, 0.2) is 5.16 Å². The number of methoxy groups -OCH3 is 1. The first-order valence-electron chi connectivity index (χ1n) is 10.4. The van der Waals surface area contributed by atoms with Gasteiger partial charge in [-0.1, -0.05) is 50.6 Å². The molecule has 6 nitrogen and oxygen atoms in total. The molecule has 29 heavy (non-hydrogen) atoms. The highest BCUT2D eigenvalue weighted by molar-refractivity contribution is 7.99. The number of aromatic nitrogens is 3. The van der Waals surface area contributed by atoms with Gasteiger partial charge in [-0.3, -0.25) is 4.79 Å². The minimum Gasteiger partial charge on any atom is -0.497 e. The molecule has 1 heterocycles. The van der Waals surface area contributed by atoms with Crippen LogP contribution in [0.1, 0.15) is 50.9 Å². The van der Waals surface area contributed by atoms with Crippen LogP contribution in [-0.2, 0) is 23.7 Å². The zero-order valence-electron chi connectivity index (χ0n) is 17.9. The van der Waals surface area contributed by atoms with E-state index in [1.165, 1.54) is 0 Å². The van der Waals surface area contributed by atoms with E-state index in [1.54, 1.807) is 18.9 Å². The van der Waals surface area contributed by atoms with E-state index in [0.29, 0.717) is 18.9 Å².